The maximum atomic E-state index is 5.81. The fourth-order valence-corrected chi connectivity index (χ4v) is 2.05. The van der Waals surface area contributed by atoms with Crippen molar-refractivity contribution in [3.8, 4) is 0 Å². The van der Waals surface area contributed by atoms with Gasteiger partial charge < -0.3 is 4.84 Å². The largest absolute Gasteiger partial charge is 0.375 e. The number of nitrogens with zero attached hydrogens (tertiary/aromatic N) is 4. The normalized spacial score (nSPS) is 21.7. The fourth-order valence-electron chi connectivity index (χ4n) is 2.05. The third-order valence-corrected chi connectivity index (χ3v) is 3.00. The number of hydrogen-bond acceptors (Lipinski definition) is 4. The monoisotopic (exact) mass is 218 g/mol. The third-order valence-electron chi connectivity index (χ3n) is 3.00. The van der Waals surface area contributed by atoms with Gasteiger partial charge in [-0.1, -0.05) is 17.0 Å². The first-order valence-electron chi connectivity index (χ1n) is 5.52. The summed E-state index contributed by atoms with van der Waals surface area (Å²) < 4.78 is 0. The average molecular weight is 218 g/mol. The molecule has 1 aromatic heterocycles. The van der Waals surface area contributed by atoms with Crippen LogP contribution in [0.3, 0.4) is 0 Å². The van der Waals surface area contributed by atoms with E-state index in [1.165, 1.54) is 11.3 Å². The molecule has 84 valence electrons. The topological polar surface area (TPSA) is 43.2 Å². The highest BCUT2D eigenvalue weighted by atomic mass is 16.7. The number of rotatable bonds is 2. The van der Waals surface area contributed by atoms with E-state index in [9.17, 15) is 0 Å². The first kappa shape index (κ1) is 9.59. The Balaban J connectivity index is 1.89. The molecule has 0 spiro atoms. The number of benzene rings is 1. The van der Waals surface area contributed by atoms with Gasteiger partial charge in [0.2, 0.25) is 0 Å². The van der Waals surface area contributed by atoms with Gasteiger partial charge in [-0.3, -0.25) is 4.90 Å². The SMILES string of the molecule is CN1CCCC1On1nnc2ccccc21. The van der Waals surface area contributed by atoms with E-state index in [-0.39, 0.29) is 6.23 Å². The number of para-hydroxylation sites is 1. The van der Waals surface area contributed by atoms with Crippen LogP contribution in [0.1, 0.15) is 12.8 Å². The molecule has 0 radical (unpaired) electrons. The molecular formula is C11H14N4O. The zero-order chi connectivity index (χ0) is 11.0. The van der Waals surface area contributed by atoms with Crippen LogP contribution in [-0.2, 0) is 0 Å². The van der Waals surface area contributed by atoms with Crippen LogP contribution in [0.15, 0.2) is 24.3 Å². The summed E-state index contributed by atoms with van der Waals surface area (Å²) in [7, 11) is 2.07. The molecule has 0 amide bonds. The summed E-state index contributed by atoms with van der Waals surface area (Å²) in [6, 6.07) is 7.80. The zero-order valence-corrected chi connectivity index (χ0v) is 9.21. The minimum absolute atomic E-state index is 0.116. The maximum Gasteiger partial charge on any atom is 0.181 e. The molecule has 5 nitrogen and oxygen atoms in total. The number of aromatic nitrogens is 3. The Morgan fingerprint density at radius 1 is 1.38 bits per heavy atom. The van der Waals surface area contributed by atoms with Crippen molar-refractivity contribution >= 4 is 11.0 Å². The maximum absolute atomic E-state index is 5.81. The number of hydrogen-bond donors (Lipinski definition) is 0. The molecule has 3 rings (SSSR count). The molecule has 0 aliphatic carbocycles. The lowest BCUT2D eigenvalue weighted by atomic mass is 10.3. The Kier molecular flexibility index (Phi) is 2.25. The lowest BCUT2D eigenvalue weighted by molar-refractivity contribution is -0.0450. The highest BCUT2D eigenvalue weighted by molar-refractivity contribution is 5.73. The average Bonchev–Trinajstić information content (AvgIpc) is 2.88. The van der Waals surface area contributed by atoms with Crippen molar-refractivity contribution in [2.45, 2.75) is 19.1 Å². The van der Waals surface area contributed by atoms with Gasteiger partial charge in [0.15, 0.2) is 6.23 Å². The van der Waals surface area contributed by atoms with E-state index in [1.54, 1.807) is 0 Å². The van der Waals surface area contributed by atoms with Crippen molar-refractivity contribution in [3.05, 3.63) is 24.3 Å². The third kappa shape index (κ3) is 1.53. The van der Waals surface area contributed by atoms with Crippen LogP contribution in [0, 0.1) is 0 Å². The molecular weight excluding hydrogens is 204 g/mol. The number of likely N-dealkylation sites (tertiary alicyclic amines) is 1. The summed E-state index contributed by atoms with van der Waals surface area (Å²) in [6.07, 6.45) is 2.34. The Morgan fingerprint density at radius 3 is 3.06 bits per heavy atom. The standard InChI is InChI=1S/C11H14N4O/c1-14-8-4-7-11(14)16-15-10-6-3-2-5-9(10)12-13-15/h2-3,5-6,11H,4,7-8H2,1H3. The number of fused-ring (bicyclic) bond motifs is 1. The molecule has 1 fully saturated rings. The van der Waals surface area contributed by atoms with Crippen LogP contribution in [0.4, 0.5) is 0 Å². The molecule has 1 saturated heterocycles. The highest BCUT2D eigenvalue weighted by Gasteiger charge is 2.23. The lowest BCUT2D eigenvalue weighted by Crippen LogP contribution is -2.35. The van der Waals surface area contributed by atoms with Gasteiger partial charge in [-0.15, -0.1) is 5.10 Å². The molecule has 0 N–H and O–H groups in total. The molecule has 1 aliphatic heterocycles. The van der Waals surface area contributed by atoms with Gasteiger partial charge in [-0.2, -0.15) is 0 Å². The summed E-state index contributed by atoms with van der Waals surface area (Å²) in [5.41, 5.74) is 1.78. The summed E-state index contributed by atoms with van der Waals surface area (Å²) in [6.45, 7) is 1.08. The minimum Gasteiger partial charge on any atom is -0.375 e. The van der Waals surface area contributed by atoms with E-state index in [0.717, 1.165) is 24.0 Å². The van der Waals surface area contributed by atoms with Crippen LogP contribution in [-0.4, -0.2) is 39.9 Å². The molecule has 0 bridgehead atoms. The summed E-state index contributed by atoms with van der Waals surface area (Å²) >= 11 is 0. The van der Waals surface area contributed by atoms with Crippen LogP contribution in [0.2, 0.25) is 0 Å². The molecule has 1 unspecified atom stereocenters. The molecule has 5 heteroatoms. The van der Waals surface area contributed by atoms with E-state index in [0.29, 0.717) is 0 Å². The van der Waals surface area contributed by atoms with Crippen LogP contribution >= 0.6 is 0 Å². The Morgan fingerprint density at radius 2 is 2.25 bits per heavy atom. The van der Waals surface area contributed by atoms with E-state index in [2.05, 4.69) is 22.3 Å². The van der Waals surface area contributed by atoms with Crippen molar-refractivity contribution < 1.29 is 4.84 Å². The minimum atomic E-state index is 0.116. The van der Waals surface area contributed by atoms with Crippen molar-refractivity contribution in [1.82, 2.24) is 20.1 Å². The van der Waals surface area contributed by atoms with Gasteiger partial charge >= 0.3 is 0 Å². The Bertz CT molecular complexity index is 495. The predicted octanol–water partition coefficient (Wildman–Crippen LogP) is 0.912. The Hall–Kier alpha value is -1.62. The lowest BCUT2D eigenvalue weighted by Gasteiger charge is -2.19. The van der Waals surface area contributed by atoms with Gasteiger partial charge in [0.1, 0.15) is 11.0 Å². The quantitative estimate of drug-likeness (QED) is 0.751. The van der Waals surface area contributed by atoms with Gasteiger partial charge in [0.05, 0.1) is 0 Å². The Labute approximate surface area is 93.6 Å². The zero-order valence-electron chi connectivity index (χ0n) is 9.21. The van der Waals surface area contributed by atoms with Crippen LogP contribution in [0.25, 0.3) is 11.0 Å². The van der Waals surface area contributed by atoms with Gasteiger partial charge in [0.25, 0.3) is 0 Å². The van der Waals surface area contributed by atoms with E-state index >= 15 is 0 Å². The second kappa shape index (κ2) is 3.75. The highest BCUT2D eigenvalue weighted by Crippen LogP contribution is 2.15. The van der Waals surface area contributed by atoms with Gasteiger partial charge in [0, 0.05) is 13.0 Å². The second-order valence-corrected chi connectivity index (χ2v) is 4.13. The van der Waals surface area contributed by atoms with E-state index in [4.69, 9.17) is 4.84 Å². The smallest absolute Gasteiger partial charge is 0.181 e. The summed E-state index contributed by atoms with van der Waals surface area (Å²) in [5.74, 6) is 0. The first-order chi connectivity index (χ1) is 7.84. The predicted molar refractivity (Wildman–Crippen MR) is 59.8 cm³/mol. The molecule has 0 saturated carbocycles. The summed E-state index contributed by atoms with van der Waals surface area (Å²) in [4.78, 5) is 9.53. The molecule has 2 heterocycles. The fraction of sp³-hybridized carbons (Fsp3) is 0.455. The van der Waals surface area contributed by atoms with E-state index < -0.39 is 0 Å². The van der Waals surface area contributed by atoms with Crippen molar-refractivity contribution in [2.75, 3.05) is 13.6 Å². The van der Waals surface area contributed by atoms with Crippen molar-refractivity contribution in [2.24, 2.45) is 0 Å². The van der Waals surface area contributed by atoms with Crippen LogP contribution < -0.4 is 4.84 Å². The molecule has 1 atom stereocenters. The molecule has 16 heavy (non-hydrogen) atoms. The second-order valence-electron chi connectivity index (χ2n) is 4.13. The van der Waals surface area contributed by atoms with E-state index in [1.807, 2.05) is 24.3 Å². The van der Waals surface area contributed by atoms with Gasteiger partial charge in [-0.25, -0.2) is 0 Å². The molecule has 2 aromatic rings. The van der Waals surface area contributed by atoms with Crippen LogP contribution in [0.5, 0.6) is 0 Å². The molecule has 1 aliphatic rings. The molecule has 1 aromatic carbocycles. The van der Waals surface area contributed by atoms with Gasteiger partial charge in [-0.05, 0) is 30.8 Å². The first-order valence-corrected chi connectivity index (χ1v) is 5.52. The van der Waals surface area contributed by atoms with Crippen molar-refractivity contribution in [1.29, 1.82) is 0 Å². The van der Waals surface area contributed by atoms with Crippen molar-refractivity contribution in [3.63, 3.8) is 0 Å². The summed E-state index contributed by atoms with van der Waals surface area (Å²) in [5, 5.41) is 8.07.